The molecule has 0 unspecified atom stereocenters. The van der Waals surface area contributed by atoms with Gasteiger partial charge in [0.05, 0.1) is 10.2 Å². The normalized spacial score (nSPS) is 10.9. The van der Waals surface area contributed by atoms with Crippen LogP contribution in [-0.4, -0.2) is 17.5 Å². The van der Waals surface area contributed by atoms with Crippen LogP contribution in [0.15, 0.2) is 71.1 Å². The molecule has 4 nitrogen and oxygen atoms in total. The van der Waals surface area contributed by atoms with E-state index in [-0.39, 0.29) is 12.5 Å². The average Bonchev–Trinajstić information content (AvgIpc) is 3.14. The van der Waals surface area contributed by atoms with Gasteiger partial charge in [0.25, 0.3) is 5.91 Å². The van der Waals surface area contributed by atoms with Gasteiger partial charge in [0.15, 0.2) is 10.9 Å². The van der Waals surface area contributed by atoms with Crippen molar-refractivity contribution >= 4 is 56.5 Å². The van der Waals surface area contributed by atoms with Crippen LogP contribution in [0.3, 0.4) is 0 Å². The van der Waals surface area contributed by atoms with Crippen LogP contribution in [0.5, 0.6) is 5.75 Å². The molecule has 0 aliphatic carbocycles. The molecule has 152 valence electrons. The highest BCUT2D eigenvalue weighted by Gasteiger charge is 2.09. The van der Waals surface area contributed by atoms with Crippen LogP contribution in [-0.2, 0) is 10.5 Å². The Kier molecular flexibility index (Phi) is 6.57. The third-order valence-corrected chi connectivity index (χ3v) is 6.82. The van der Waals surface area contributed by atoms with Gasteiger partial charge < -0.3 is 10.1 Å². The summed E-state index contributed by atoms with van der Waals surface area (Å²) in [6.45, 7) is 1.83. The number of hydrogen-bond acceptors (Lipinski definition) is 5. The maximum atomic E-state index is 12.3. The van der Waals surface area contributed by atoms with E-state index in [2.05, 4.69) is 22.4 Å². The van der Waals surface area contributed by atoms with Crippen LogP contribution in [0.25, 0.3) is 10.2 Å². The summed E-state index contributed by atoms with van der Waals surface area (Å²) in [7, 11) is 0. The summed E-state index contributed by atoms with van der Waals surface area (Å²) in [4.78, 5) is 17.0. The maximum absolute atomic E-state index is 12.3. The number of nitrogens with zero attached hydrogens (tertiary/aromatic N) is 1. The Hall–Kier alpha value is -2.54. The van der Waals surface area contributed by atoms with E-state index in [1.807, 2.05) is 43.3 Å². The molecule has 7 heteroatoms. The molecule has 0 aliphatic rings. The van der Waals surface area contributed by atoms with E-state index in [1.165, 1.54) is 5.56 Å². The Labute approximate surface area is 188 Å². The molecule has 30 heavy (non-hydrogen) atoms. The first-order valence-electron chi connectivity index (χ1n) is 9.33. The minimum absolute atomic E-state index is 0.0681. The van der Waals surface area contributed by atoms with E-state index in [1.54, 1.807) is 41.3 Å². The quantitative estimate of drug-likeness (QED) is 0.321. The molecule has 4 rings (SSSR count). The van der Waals surface area contributed by atoms with Crippen molar-refractivity contribution in [3.63, 3.8) is 0 Å². The van der Waals surface area contributed by atoms with Crippen molar-refractivity contribution in [2.75, 3.05) is 11.9 Å². The van der Waals surface area contributed by atoms with Crippen LogP contribution in [0.2, 0.25) is 5.02 Å². The smallest absolute Gasteiger partial charge is 0.262 e. The molecule has 0 atom stereocenters. The van der Waals surface area contributed by atoms with E-state index in [0.717, 1.165) is 31.6 Å². The lowest BCUT2D eigenvalue weighted by molar-refractivity contribution is -0.118. The van der Waals surface area contributed by atoms with Gasteiger partial charge in [-0.2, -0.15) is 0 Å². The summed E-state index contributed by atoms with van der Waals surface area (Å²) in [6, 6.07) is 21.4. The maximum Gasteiger partial charge on any atom is 0.262 e. The summed E-state index contributed by atoms with van der Waals surface area (Å²) in [6.07, 6.45) is 0. The number of rotatable bonds is 7. The number of nitrogens with one attached hydrogen (secondary N) is 1. The molecule has 1 N–H and O–H groups in total. The molecule has 0 radical (unpaired) electrons. The van der Waals surface area contributed by atoms with E-state index in [0.29, 0.717) is 10.8 Å². The number of amides is 1. The average molecular weight is 455 g/mol. The van der Waals surface area contributed by atoms with Crippen molar-refractivity contribution in [1.82, 2.24) is 4.98 Å². The summed E-state index contributed by atoms with van der Waals surface area (Å²) in [5.41, 5.74) is 3.82. The van der Waals surface area contributed by atoms with Crippen molar-refractivity contribution in [2.45, 2.75) is 17.0 Å². The molecule has 0 saturated carbocycles. The number of carbonyl (C=O) groups excluding carboxylic acids is 1. The van der Waals surface area contributed by atoms with Crippen LogP contribution in [0.4, 0.5) is 5.69 Å². The molecule has 1 amide bonds. The lowest BCUT2D eigenvalue weighted by Crippen LogP contribution is -2.20. The number of aryl methyl sites for hydroxylation is 1. The lowest BCUT2D eigenvalue weighted by Gasteiger charge is -2.10. The third kappa shape index (κ3) is 5.33. The minimum Gasteiger partial charge on any atom is -0.483 e. The van der Waals surface area contributed by atoms with Gasteiger partial charge in [0.1, 0.15) is 5.75 Å². The topological polar surface area (TPSA) is 51.2 Å². The fraction of sp³-hybridized carbons (Fsp3) is 0.130. The van der Waals surface area contributed by atoms with E-state index >= 15 is 0 Å². The Morgan fingerprint density at radius 3 is 2.77 bits per heavy atom. The summed E-state index contributed by atoms with van der Waals surface area (Å²) in [5.74, 6) is 1.31. The predicted octanol–water partition coefficient (Wildman–Crippen LogP) is 6.57. The van der Waals surface area contributed by atoms with Crippen molar-refractivity contribution < 1.29 is 9.53 Å². The Balaban J connectivity index is 1.36. The van der Waals surface area contributed by atoms with Crippen molar-refractivity contribution in [2.24, 2.45) is 0 Å². The van der Waals surface area contributed by atoms with Gasteiger partial charge in [-0.3, -0.25) is 4.79 Å². The first-order chi connectivity index (χ1) is 14.6. The lowest BCUT2D eigenvalue weighted by atomic mass is 10.2. The molecule has 0 aliphatic heterocycles. The molecular weight excluding hydrogens is 436 g/mol. The highest BCUT2D eigenvalue weighted by molar-refractivity contribution is 8.00. The van der Waals surface area contributed by atoms with Crippen molar-refractivity contribution in [3.8, 4) is 5.75 Å². The molecule has 0 spiro atoms. The third-order valence-electron chi connectivity index (χ3n) is 4.35. The van der Waals surface area contributed by atoms with Gasteiger partial charge in [-0.1, -0.05) is 53.7 Å². The largest absolute Gasteiger partial charge is 0.483 e. The fourth-order valence-corrected chi connectivity index (χ4v) is 5.17. The van der Waals surface area contributed by atoms with E-state index < -0.39 is 0 Å². The molecule has 0 bridgehead atoms. The van der Waals surface area contributed by atoms with Crippen LogP contribution >= 0.6 is 34.7 Å². The number of benzene rings is 3. The van der Waals surface area contributed by atoms with Crippen molar-refractivity contribution in [3.05, 3.63) is 82.9 Å². The molecule has 0 fully saturated rings. The fourth-order valence-electron chi connectivity index (χ4n) is 2.88. The van der Waals surface area contributed by atoms with Gasteiger partial charge >= 0.3 is 0 Å². The number of hydrogen-bond donors (Lipinski definition) is 1. The Bertz CT molecular complexity index is 1180. The Morgan fingerprint density at radius 1 is 1.13 bits per heavy atom. The molecular formula is C23H19ClN2O2S2. The zero-order valence-electron chi connectivity index (χ0n) is 16.2. The number of thioether (sulfide) groups is 1. The second kappa shape index (κ2) is 9.51. The number of halogens is 1. The predicted molar refractivity (Wildman–Crippen MR) is 126 cm³/mol. The van der Waals surface area contributed by atoms with Gasteiger partial charge in [0.2, 0.25) is 0 Å². The number of anilines is 1. The van der Waals surface area contributed by atoms with Crippen LogP contribution < -0.4 is 10.1 Å². The van der Waals surface area contributed by atoms with E-state index in [4.69, 9.17) is 16.3 Å². The molecule has 1 heterocycles. The summed E-state index contributed by atoms with van der Waals surface area (Å²) in [5, 5.41) is 3.53. The van der Waals surface area contributed by atoms with Crippen LogP contribution in [0.1, 0.15) is 11.1 Å². The highest BCUT2D eigenvalue weighted by atomic mass is 35.5. The number of carbonyl (C=O) groups is 1. The number of fused-ring (bicyclic) bond motifs is 1. The summed E-state index contributed by atoms with van der Waals surface area (Å²) >= 11 is 9.29. The molecule has 3 aromatic carbocycles. The summed E-state index contributed by atoms with van der Waals surface area (Å²) < 4.78 is 7.66. The zero-order valence-corrected chi connectivity index (χ0v) is 18.6. The molecule has 0 saturated heterocycles. The van der Waals surface area contributed by atoms with E-state index in [9.17, 15) is 4.79 Å². The van der Waals surface area contributed by atoms with Crippen LogP contribution in [0, 0.1) is 6.92 Å². The second-order valence-corrected chi connectivity index (χ2v) is 9.37. The zero-order chi connectivity index (χ0) is 20.9. The highest BCUT2D eigenvalue weighted by Crippen LogP contribution is 2.33. The second-order valence-electron chi connectivity index (χ2n) is 6.68. The number of thiazole rings is 1. The van der Waals surface area contributed by atoms with Gasteiger partial charge in [-0.05, 0) is 54.4 Å². The Morgan fingerprint density at radius 2 is 1.97 bits per heavy atom. The molecule has 1 aromatic heterocycles. The first-order valence-corrected chi connectivity index (χ1v) is 11.5. The standard InChI is InChI=1S/C23H19ClN2O2S2/c1-15-11-17(24)7-10-20(15)28-13-22(27)25-18-8-9-19-21(12-18)30-23(26-19)29-14-16-5-3-2-4-6-16/h2-12H,13-14H2,1H3,(H,25,27). The number of ether oxygens (including phenoxy) is 1. The van der Waals surface area contributed by atoms with Gasteiger partial charge in [0, 0.05) is 16.5 Å². The minimum atomic E-state index is -0.216. The number of aromatic nitrogens is 1. The van der Waals surface area contributed by atoms with Gasteiger partial charge in [-0.25, -0.2) is 4.98 Å². The van der Waals surface area contributed by atoms with Gasteiger partial charge in [-0.15, -0.1) is 11.3 Å². The first kappa shape index (κ1) is 20.7. The SMILES string of the molecule is Cc1cc(Cl)ccc1OCC(=O)Nc1ccc2nc(SCc3ccccc3)sc2c1. The molecule has 4 aromatic rings. The monoisotopic (exact) mass is 454 g/mol. The van der Waals surface area contributed by atoms with Crippen molar-refractivity contribution in [1.29, 1.82) is 0 Å².